The van der Waals surface area contributed by atoms with Crippen molar-refractivity contribution in [2.75, 3.05) is 38.1 Å². The van der Waals surface area contributed by atoms with Crippen LogP contribution in [0.5, 0.6) is 0 Å². The van der Waals surface area contributed by atoms with Crippen LogP contribution in [0.15, 0.2) is 24.3 Å². The Morgan fingerprint density at radius 2 is 1.82 bits per heavy atom. The molecule has 0 aromatic heterocycles. The molecule has 2 aliphatic rings. The van der Waals surface area contributed by atoms with Crippen LogP contribution in [0, 0.1) is 5.92 Å². The van der Waals surface area contributed by atoms with E-state index >= 15 is 0 Å². The lowest BCUT2D eigenvalue weighted by atomic mass is 9.92. The SMILES string of the molecule is CN1C(=O)CN(c2ccc(CC3CCCNC3)cc2)CC1=O. The summed E-state index contributed by atoms with van der Waals surface area (Å²) in [6, 6.07) is 8.29. The van der Waals surface area contributed by atoms with E-state index in [1.165, 1.54) is 23.3 Å². The maximum atomic E-state index is 11.8. The van der Waals surface area contributed by atoms with Gasteiger partial charge in [0.2, 0.25) is 11.8 Å². The van der Waals surface area contributed by atoms with Crippen LogP contribution in [0.4, 0.5) is 5.69 Å². The van der Waals surface area contributed by atoms with E-state index in [2.05, 4.69) is 17.4 Å². The Hall–Kier alpha value is -1.88. The number of likely N-dealkylation sites (N-methyl/N-ethyl adjacent to an activating group) is 1. The zero-order valence-corrected chi connectivity index (χ0v) is 13.0. The predicted molar refractivity (Wildman–Crippen MR) is 85.7 cm³/mol. The first kappa shape index (κ1) is 15.0. The van der Waals surface area contributed by atoms with Crippen LogP contribution in [0.25, 0.3) is 0 Å². The van der Waals surface area contributed by atoms with E-state index in [1.54, 1.807) is 7.05 Å². The standard InChI is InChI=1S/C17H23N3O2/c1-19-16(21)11-20(12-17(19)22)15-6-4-13(5-7-15)9-14-3-2-8-18-10-14/h4-7,14,18H,2-3,8-12H2,1H3. The number of nitrogens with one attached hydrogen (secondary N) is 1. The lowest BCUT2D eigenvalue weighted by molar-refractivity contribution is -0.143. The predicted octanol–water partition coefficient (Wildman–Crippen LogP) is 1.03. The number of anilines is 1. The molecule has 22 heavy (non-hydrogen) atoms. The van der Waals surface area contributed by atoms with Gasteiger partial charge in [0.1, 0.15) is 0 Å². The molecule has 1 N–H and O–H groups in total. The fourth-order valence-electron chi connectivity index (χ4n) is 3.19. The number of carbonyl (C=O) groups is 2. The molecule has 0 bridgehead atoms. The Labute approximate surface area is 131 Å². The molecule has 1 aromatic rings. The number of hydrogen-bond acceptors (Lipinski definition) is 4. The summed E-state index contributed by atoms with van der Waals surface area (Å²) in [6.07, 6.45) is 3.64. The summed E-state index contributed by atoms with van der Waals surface area (Å²) in [6.45, 7) is 2.78. The highest BCUT2D eigenvalue weighted by Gasteiger charge is 2.28. The zero-order chi connectivity index (χ0) is 15.5. The lowest BCUT2D eigenvalue weighted by Gasteiger charge is -2.32. The third-order valence-corrected chi connectivity index (χ3v) is 4.63. The molecule has 2 saturated heterocycles. The van der Waals surface area contributed by atoms with Crippen LogP contribution in [0.2, 0.25) is 0 Å². The summed E-state index contributed by atoms with van der Waals surface area (Å²) in [4.78, 5) is 26.6. The average Bonchev–Trinajstić information content (AvgIpc) is 2.54. The largest absolute Gasteiger partial charge is 0.353 e. The molecule has 2 amide bonds. The summed E-state index contributed by atoms with van der Waals surface area (Å²) in [5, 5.41) is 3.44. The highest BCUT2D eigenvalue weighted by molar-refractivity contribution is 6.02. The fraction of sp³-hybridized carbons (Fsp3) is 0.529. The van der Waals surface area contributed by atoms with E-state index < -0.39 is 0 Å². The average molecular weight is 301 g/mol. The lowest BCUT2D eigenvalue weighted by Crippen LogP contribution is -2.52. The Morgan fingerprint density at radius 1 is 1.14 bits per heavy atom. The van der Waals surface area contributed by atoms with Gasteiger partial charge in [-0.15, -0.1) is 0 Å². The molecule has 5 nitrogen and oxygen atoms in total. The summed E-state index contributed by atoms with van der Waals surface area (Å²) in [5.41, 5.74) is 2.27. The van der Waals surface area contributed by atoms with Crippen LogP contribution in [-0.4, -0.2) is 49.9 Å². The minimum absolute atomic E-state index is 0.145. The van der Waals surface area contributed by atoms with E-state index in [0.29, 0.717) is 5.92 Å². The molecule has 2 aliphatic heterocycles. The summed E-state index contributed by atoms with van der Waals surface area (Å²) in [5.74, 6) is 0.425. The number of carbonyl (C=O) groups excluding carboxylic acids is 2. The monoisotopic (exact) mass is 301 g/mol. The number of nitrogens with zero attached hydrogens (tertiary/aromatic N) is 2. The minimum Gasteiger partial charge on any atom is -0.353 e. The summed E-state index contributed by atoms with van der Waals surface area (Å²) in [7, 11) is 1.54. The van der Waals surface area contributed by atoms with Gasteiger partial charge in [-0.2, -0.15) is 0 Å². The number of piperidine rings is 1. The normalized spacial score (nSPS) is 23.0. The van der Waals surface area contributed by atoms with Gasteiger partial charge in [-0.05, 0) is 56.0 Å². The van der Waals surface area contributed by atoms with E-state index in [9.17, 15) is 9.59 Å². The Morgan fingerprint density at radius 3 is 2.41 bits per heavy atom. The van der Waals surface area contributed by atoms with E-state index in [1.807, 2.05) is 17.0 Å². The maximum Gasteiger partial charge on any atom is 0.248 e. The van der Waals surface area contributed by atoms with E-state index in [0.717, 1.165) is 25.2 Å². The molecule has 0 radical (unpaired) electrons. The molecule has 1 unspecified atom stereocenters. The van der Waals surface area contributed by atoms with Crippen molar-refractivity contribution in [1.29, 1.82) is 0 Å². The van der Waals surface area contributed by atoms with Crippen LogP contribution in [-0.2, 0) is 16.0 Å². The molecular weight excluding hydrogens is 278 g/mol. The second-order valence-corrected chi connectivity index (χ2v) is 6.29. The van der Waals surface area contributed by atoms with Crippen LogP contribution in [0.1, 0.15) is 18.4 Å². The molecule has 1 aromatic carbocycles. The quantitative estimate of drug-likeness (QED) is 0.848. The van der Waals surface area contributed by atoms with Gasteiger partial charge in [-0.25, -0.2) is 0 Å². The topological polar surface area (TPSA) is 52.7 Å². The number of hydrogen-bond donors (Lipinski definition) is 1. The highest BCUT2D eigenvalue weighted by Crippen LogP contribution is 2.21. The van der Waals surface area contributed by atoms with E-state index in [4.69, 9.17) is 0 Å². The van der Waals surface area contributed by atoms with Gasteiger partial charge in [0.25, 0.3) is 0 Å². The van der Waals surface area contributed by atoms with Crippen LogP contribution in [0.3, 0.4) is 0 Å². The van der Waals surface area contributed by atoms with Crippen molar-refractivity contribution >= 4 is 17.5 Å². The van der Waals surface area contributed by atoms with Gasteiger partial charge in [-0.1, -0.05) is 12.1 Å². The van der Waals surface area contributed by atoms with Crippen molar-refractivity contribution < 1.29 is 9.59 Å². The number of piperazine rings is 1. The van der Waals surface area contributed by atoms with Crippen molar-refractivity contribution in [2.45, 2.75) is 19.3 Å². The van der Waals surface area contributed by atoms with Gasteiger partial charge < -0.3 is 10.2 Å². The number of benzene rings is 1. The fourth-order valence-corrected chi connectivity index (χ4v) is 3.19. The first-order valence-electron chi connectivity index (χ1n) is 7.97. The second-order valence-electron chi connectivity index (χ2n) is 6.29. The molecule has 0 spiro atoms. The summed E-state index contributed by atoms with van der Waals surface area (Å²) >= 11 is 0. The van der Waals surface area contributed by atoms with Crippen LogP contribution < -0.4 is 10.2 Å². The third kappa shape index (κ3) is 3.30. The van der Waals surface area contributed by atoms with Gasteiger partial charge in [0.15, 0.2) is 0 Å². The summed E-state index contributed by atoms with van der Waals surface area (Å²) < 4.78 is 0. The van der Waals surface area contributed by atoms with Gasteiger partial charge in [0.05, 0.1) is 13.1 Å². The minimum atomic E-state index is -0.145. The van der Waals surface area contributed by atoms with Gasteiger partial charge in [0, 0.05) is 12.7 Å². The molecule has 2 heterocycles. The van der Waals surface area contributed by atoms with Crippen molar-refractivity contribution in [1.82, 2.24) is 10.2 Å². The van der Waals surface area contributed by atoms with Gasteiger partial charge in [-0.3, -0.25) is 14.5 Å². The third-order valence-electron chi connectivity index (χ3n) is 4.63. The Bertz CT molecular complexity index is 532. The molecule has 0 saturated carbocycles. The van der Waals surface area contributed by atoms with Crippen molar-refractivity contribution in [3.63, 3.8) is 0 Å². The molecule has 0 aliphatic carbocycles. The first-order valence-corrected chi connectivity index (χ1v) is 7.97. The molecule has 2 fully saturated rings. The number of imide groups is 1. The first-order chi connectivity index (χ1) is 10.6. The number of rotatable bonds is 3. The molecule has 118 valence electrons. The van der Waals surface area contributed by atoms with Crippen molar-refractivity contribution in [3.05, 3.63) is 29.8 Å². The molecular formula is C17H23N3O2. The second kappa shape index (κ2) is 6.48. The highest BCUT2D eigenvalue weighted by atomic mass is 16.2. The van der Waals surface area contributed by atoms with Crippen molar-refractivity contribution in [3.8, 4) is 0 Å². The van der Waals surface area contributed by atoms with Gasteiger partial charge >= 0.3 is 0 Å². The smallest absolute Gasteiger partial charge is 0.248 e. The molecule has 3 rings (SSSR count). The van der Waals surface area contributed by atoms with Crippen LogP contribution >= 0.6 is 0 Å². The zero-order valence-electron chi connectivity index (χ0n) is 13.0. The van der Waals surface area contributed by atoms with E-state index in [-0.39, 0.29) is 24.9 Å². The molecule has 5 heteroatoms. The number of amides is 2. The maximum absolute atomic E-state index is 11.8. The molecule has 1 atom stereocenters. The Kier molecular flexibility index (Phi) is 4.43. The van der Waals surface area contributed by atoms with Crippen molar-refractivity contribution in [2.24, 2.45) is 5.92 Å². The Balaban J connectivity index is 1.63.